The Labute approximate surface area is 148 Å². The quantitative estimate of drug-likeness (QED) is 0.586. The van der Waals surface area contributed by atoms with Gasteiger partial charge in [-0.1, -0.05) is 18.2 Å². The Balaban J connectivity index is 1.72. The number of benzene rings is 2. The van der Waals surface area contributed by atoms with Crippen molar-refractivity contribution in [3.63, 3.8) is 0 Å². The van der Waals surface area contributed by atoms with Gasteiger partial charge in [0.1, 0.15) is 17.2 Å². The summed E-state index contributed by atoms with van der Waals surface area (Å²) in [4.78, 5) is 11.8. The summed E-state index contributed by atoms with van der Waals surface area (Å²) in [6.45, 7) is 3.74. The maximum Gasteiger partial charge on any atom is 0.344 e. The zero-order valence-electron chi connectivity index (χ0n) is 14.9. The fraction of sp³-hybridized carbons (Fsp3) is 0.350. The monoisotopic (exact) mass is 344 g/mol. The molecule has 2 aromatic carbocycles. The third-order valence-electron chi connectivity index (χ3n) is 3.87. The molecule has 1 N–H and O–H groups in total. The van der Waals surface area contributed by atoms with Crippen LogP contribution in [0.25, 0.3) is 0 Å². The highest BCUT2D eigenvalue weighted by atomic mass is 16.6. The van der Waals surface area contributed by atoms with Gasteiger partial charge < -0.3 is 19.3 Å². The van der Waals surface area contributed by atoms with E-state index in [0.29, 0.717) is 29.9 Å². The minimum atomic E-state index is -0.414. The Morgan fingerprint density at radius 3 is 2.48 bits per heavy atom. The van der Waals surface area contributed by atoms with E-state index in [9.17, 15) is 9.90 Å². The van der Waals surface area contributed by atoms with Crippen molar-refractivity contribution in [1.82, 2.24) is 0 Å². The molecule has 5 nitrogen and oxygen atoms in total. The first-order valence-electron chi connectivity index (χ1n) is 8.21. The number of rotatable bonds is 8. The van der Waals surface area contributed by atoms with E-state index < -0.39 is 5.97 Å². The van der Waals surface area contributed by atoms with Gasteiger partial charge in [-0.05, 0) is 61.6 Å². The van der Waals surface area contributed by atoms with Gasteiger partial charge in [-0.25, -0.2) is 4.79 Å². The summed E-state index contributed by atoms with van der Waals surface area (Å²) in [6, 6.07) is 11.2. The molecule has 0 unspecified atom stereocenters. The molecule has 5 heteroatoms. The van der Waals surface area contributed by atoms with Crippen LogP contribution in [0.1, 0.15) is 23.1 Å². The zero-order chi connectivity index (χ0) is 18.2. The van der Waals surface area contributed by atoms with E-state index in [2.05, 4.69) is 0 Å². The number of hydrogen-bond donors (Lipinski definition) is 1. The number of esters is 1. The molecule has 0 aliphatic carbocycles. The highest BCUT2D eigenvalue weighted by Gasteiger charge is 2.08. The van der Waals surface area contributed by atoms with Crippen LogP contribution in [-0.4, -0.2) is 31.4 Å². The van der Waals surface area contributed by atoms with Crippen molar-refractivity contribution in [2.45, 2.75) is 26.7 Å². The first-order chi connectivity index (χ1) is 12.0. The lowest BCUT2D eigenvalue weighted by Gasteiger charge is -2.10. The second-order valence-corrected chi connectivity index (χ2v) is 5.83. The van der Waals surface area contributed by atoms with Gasteiger partial charge in [0.2, 0.25) is 0 Å². The molecule has 2 aromatic rings. The average Bonchev–Trinajstić information content (AvgIpc) is 2.61. The molecule has 25 heavy (non-hydrogen) atoms. The van der Waals surface area contributed by atoms with Crippen LogP contribution in [0.4, 0.5) is 0 Å². The van der Waals surface area contributed by atoms with E-state index in [1.54, 1.807) is 33.1 Å². The summed E-state index contributed by atoms with van der Waals surface area (Å²) in [7, 11) is 1.64. The second kappa shape index (κ2) is 8.97. The Kier molecular flexibility index (Phi) is 6.69. The van der Waals surface area contributed by atoms with Crippen molar-refractivity contribution < 1.29 is 24.1 Å². The summed E-state index contributed by atoms with van der Waals surface area (Å²) < 4.78 is 15.9. The number of hydrogen-bond acceptors (Lipinski definition) is 5. The van der Waals surface area contributed by atoms with Crippen LogP contribution in [0.5, 0.6) is 17.2 Å². The van der Waals surface area contributed by atoms with Crippen molar-refractivity contribution >= 4 is 5.97 Å². The molecule has 0 amide bonds. The largest absolute Gasteiger partial charge is 0.507 e. The highest BCUT2D eigenvalue weighted by molar-refractivity contribution is 5.71. The molecule has 0 radical (unpaired) electrons. The van der Waals surface area contributed by atoms with E-state index in [-0.39, 0.29) is 12.4 Å². The molecule has 0 atom stereocenters. The van der Waals surface area contributed by atoms with Gasteiger partial charge in [0, 0.05) is 0 Å². The molecule has 0 aromatic heterocycles. The predicted molar refractivity (Wildman–Crippen MR) is 95.3 cm³/mol. The lowest BCUT2D eigenvalue weighted by atomic mass is 10.1. The SMILES string of the molecule is COc1ccccc1CCCOC(=O)COc1cc(C)c(O)c(C)c1. The van der Waals surface area contributed by atoms with Crippen molar-refractivity contribution in [1.29, 1.82) is 0 Å². The average molecular weight is 344 g/mol. The van der Waals surface area contributed by atoms with Crippen LogP contribution in [0.15, 0.2) is 36.4 Å². The number of aromatic hydroxyl groups is 1. The van der Waals surface area contributed by atoms with Gasteiger partial charge >= 0.3 is 5.97 Å². The number of para-hydroxylation sites is 1. The van der Waals surface area contributed by atoms with Crippen molar-refractivity contribution in [3.05, 3.63) is 53.1 Å². The van der Waals surface area contributed by atoms with Crippen LogP contribution in [-0.2, 0) is 16.0 Å². The van der Waals surface area contributed by atoms with Gasteiger partial charge in [-0.3, -0.25) is 0 Å². The van der Waals surface area contributed by atoms with Gasteiger partial charge in [-0.2, -0.15) is 0 Å². The number of methoxy groups -OCH3 is 1. The summed E-state index contributed by atoms with van der Waals surface area (Å²) in [6.07, 6.45) is 1.48. The van der Waals surface area contributed by atoms with Crippen molar-refractivity contribution in [2.24, 2.45) is 0 Å². The minimum Gasteiger partial charge on any atom is -0.507 e. The smallest absolute Gasteiger partial charge is 0.344 e. The first kappa shape index (κ1) is 18.6. The topological polar surface area (TPSA) is 65.0 Å². The molecule has 0 heterocycles. The Bertz CT molecular complexity index is 701. The van der Waals surface area contributed by atoms with Gasteiger partial charge in [0.05, 0.1) is 13.7 Å². The molecule has 0 saturated heterocycles. The molecule has 2 rings (SSSR count). The number of carbonyl (C=O) groups is 1. The third kappa shape index (κ3) is 5.41. The number of phenolic OH excluding ortho intramolecular Hbond substituents is 1. The fourth-order valence-corrected chi connectivity index (χ4v) is 2.54. The first-order valence-corrected chi connectivity index (χ1v) is 8.21. The maximum absolute atomic E-state index is 11.8. The summed E-state index contributed by atoms with van der Waals surface area (Å²) in [5.41, 5.74) is 2.51. The third-order valence-corrected chi connectivity index (χ3v) is 3.87. The molecule has 0 aliphatic heterocycles. The number of carbonyl (C=O) groups excluding carboxylic acids is 1. The van der Waals surface area contributed by atoms with Gasteiger partial charge in [0.25, 0.3) is 0 Å². The van der Waals surface area contributed by atoms with E-state index in [1.165, 1.54) is 0 Å². The number of phenols is 1. The standard InChI is InChI=1S/C20H24O5/c1-14-11-17(12-15(2)20(14)22)25-13-19(21)24-10-6-8-16-7-4-5-9-18(16)23-3/h4-5,7,9,11-12,22H,6,8,10,13H2,1-3H3. The highest BCUT2D eigenvalue weighted by Crippen LogP contribution is 2.26. The lowest BCUT2D eigenvalue weighted by Crippen LogP contribution is -2.16. The van der Waals surface area contributed by atoms with Crippen LogP contribution < -0.4 is 9.47 Å². The molecule has 0 aliphatic rings. The Morgan fingerprint density at radius 2 is 1.80 bits per heavy atom. The van der Waals surface area contributed by atoms with Crippen LogP contribution in [0.3, 0.4) is 0 Å². The van der Waals surface area contributed by atoms with E-state index in [1.807, 2.05) is 24.3 Å². The van der Waals surface area contributed by atoms with Crippen molar-refractivity contribution in [2.75, 3.05) is 20.3 Å². The van der Waals surface area contributed by atoms with Gasteiger partial charge in [-0.15, -0.1) is 0 Å². The molecule has 0 bridgehead atoms. The van der Waals surface area contributed by atoms with Crippen LogP contribution in [0, 0.1) is 13.8 Å². The zero-order valence-corrected chi connectivity index (χ0v) is 14.9. The van der Waals surface area contributed by atoms with Crippen LogP contribution >= 0.6 is 0 Å². The Hall–Kier alpha value is -2.69. The Morgan fingerprint density at radius 1 is 1.12 bits per heavy atom. The second-order valence-electron chi connectivity index (χ2n) is 5.83. The molecular weight excluding hydrogens is 320 g/mol. The molecule has 0 fully saturated rings. The normalized spacial score (nSPS) is 10.4. The minimum absolute atomic E-state index is 0.154. The van der Waals surface area contributed by atoms with E-state index in [0.717, 1.165) is 17.7 Å². The number of ether oxygens (including phenoxy) is 3. The number of aryl methyl sites for hydroxylation is 3. The van der Waals surface area contributed by atoms with E-state index >= 15 is 0 Å². The van der Waals surface area contributed by atoms with E-state index in [4.69, 9.17) is 14.2 Å². The molecule has 0 saturated carbocycles. The molecular formula is C20H24O5. The maximum atomic E-state index is 11.8. The fourth-order valence-electron chi connectivity index (χ4n) is 2.54. The molecule has 0 spiro atoms. The van der Waals surface area contributed by atoms with Gasteiger partial charge in [0.15, 0.2) is 6.61 Å². The summed E-state index contributed by atoms with van der Waals surface area (Å²) >= 11 is 0. The van der Waals surface area contributed by atoms with Crippen LogP contribution in [0.2, 0.25) is 0 Å². The molecule has 134 valence electrons. The summed E-state index contributed by atoms with van der Waals surface area (Å²) in [5, 5.41) is 9.73. The predicted octanol–water partition coefficient (Wildman–Crippen LogP) is 3.57. The lowest BCUT2D eigenvalue weighted by molar-refractivity contribution is -0.146. The van der Waals surface area contributed by atoms with Crippen molar-refractivity contribution in [3.8, 4) is 17.2 Å². The summed E-state index contributed by atoms with van der Waals surface area (Å²) in [5.74, 6) is 1.21.